The second-order valence-corrected chi connectivity index (χ2v) is 4.78. The van der Waals surface area contributed by atoms with Gasteiger partial charge in [0.05, 0.1) is 0 Å². The number of hydrogen-bond donors (Lipinski definition) is 1. The van der Waals surface area contributed by atoms with E-state index in [0.29, 0.717) is 5.56 Å². The fraction of sp³-hybridized carbons (Fsp3) is 0.571. The molecule has 0 bridgehead atoms. The molecule has 1 aromatic rings. The zero-order valence-corrected chi connectivity index (χ0v) is 10.2. The number of nitrogens with one attached hydrogen (secondary N) is 1. The van der Waals surface area contributed by atoms with Crippen molar-refractivity contribution < 1.29 is 8.78 Å². The fourth-order valence-electron chi connectivity index (χ4n) is 2.83. The molecule has 0 radical (unpaired) electrons. The average molecular weight is 239 g/mol. The van der Waals surface area contributed by atoms with Crippen LogP contribution in [-0.2, 0) is 0 Å². The van der Waals surface area contributed by atoms with Gasteiger partial charge in [0.1, 0.15) is 0 Å². The SMILES string of the molecule is CNC1CCCCCC1c1cccc(F)c1F. The van der Waals surface area contributed by atoms with Crippen LogP contribution in [0.3, 0.4) is 0 Å². The molecule has 0 aromatic heterocycles. The molecule has 1 aromatic carbocycles. The highest BCUT2D eigenvalue weighted by Crippen LogP contribution is 2.33. The van der Waals surface area contributed by atoms with Gasteiger partial charge in [-0.25, -0.2) is 8.78 Å². The van der Waals surface area contributed by atoms with Crippen molar-refractivity contribution in [2.45, 2.75) is 44.1 Å². The van der Waals surface area contributed by atoms with E-state index in [1.165, 1.54) is 18.9 Å². The highest BCUT2D eigenvalue weighted by Gasteiger charge is 2.26. The first-order valence-corrected chi connectivity index (χ1v) is 6.35. The minimum Gasteiger partial charge on any atom is -0.316 e. The van der Waals surface area contributed by atoms with Crippen LogP contribution in [0.1, 0.15) is 43.6 Å². The van der Waals surface area contributed by atoms with Crippen molar-refractivity contribution >= 4 is 0 Å². The zero-order chi connectivity index (χ0) is 12.3. The molecule has 0 saturated heterocycles. The number of benzene rings is 1. The van der Waals surface area contributed by atoms with E-state index in [1.807, 2.05) is 7.05 Å². The van der Waals surface area contributed by atoms with E-state index in [4.69, 9.17) is 0 Å². The minimum absolute atomic E-state index is 0.0956. The molecule has 17 heavy (non-hydrogen) atoms. The molecular formula is C14H19F2N. The summed E-state index contributed by atoms with van der Waals surface area (Å²) in [6, 6.07) is 4.77. The molecule has 2 atom stereocenters. The van der Waals surface area contributed by atoms with Gasteiger partial charge in [0.15, 0.2) is 11.6 Å². The molecule has 1 N–H and O–H groups in total. The van der Waals surface area contributed by atoms with Crippen LogP contribution < -0.4 is 5.32 Å². The van der Waals surface area contributed by atoms with Gasteiger partial charge in [-0.15, -0.1) is 0 Å². The summed E-state index contributed by atoms with van der Waals surface area (Å²) < 4.78 is 27.1. The first kappa shape index (κ1) is 12.5. The Kier molecular flexibility index (Phi) is 4.11. The first-order chi connectivity index (χ1) is 8.24. The van der Waals surface area contributed by atoms with Gasteiger partial charge in [-0.05, 0) is 31.5 Å². The van der Waals surface area contributed by atoms with Gasteiger partial charge < -0.3 is 5.32 Å². The van der Waals surface area contributed by atoms with E-state index in [-0.39, 0.29) is 12.0 Å². The highest BCUT2D eigenvalue weighted by molar-refractivity contribution is 5.24. The molecule has 3 heteroatoms. The first-order valence-electron chi connectivity index (χ1n) is 6.35. The van der Waals surface area contributed by atoms with Crippen molar-refractivity contribution in [3.05, 3.63) is 35.4 Å². The van der Waals surface area contributed by atoms with Crippen molar-refractivity contribution in [1.29, 1.82) is 0 Å². The van der Waals surface area contributed by atoms with E-state index in [9.17, 15) is 8.78 Å². The quantitative estimate of drug-likeness (QED) is 0.777. The second kappa shape index (κ2) is 5.58. The standard InChI is InChI=1S/C14H19F2N/c1-17-13-9-4-2-3-6-10(13)11-7-5-8-12(15)14(11)16/h5,7-8,10,13,17H,2-4,6,9H2,1H3. The lowest BCUT2D eigenvalue weighted by atomic mass is 9.87. The Hall–Kier alpha value is -0.960. The Bertz CT molecular complexity index is 378. The maximum absolute atomic E-state index is 13.8. The summed E-state index contributed by atoms with van der Waals surface area (Å²) in [6.07, 6.45) is 5.42. The number of hydrogen-bond acceptors (Lipinski definition) is 1. The van der Waals surface area contributed by atoms with Crippen LogP contribution in [0.2, 0.25) is 0 Å². The molecule has 0 heterocycles. The van der Waals surface area contributed by atoms with Crippen molar-refractivity contribution in [2.24, 2.45) is 0 Å². The maximum Gasteiger partial charge on any atom is 0.162 e. The smallest absolute Gasteiger partial charge is 0.162 e. The topological polar surface area (TPSA) is 12.0 Å². The van der Waals surface area contributed by atoms with Crippen LogP contribution in [0.5, 0.6) is 0 Å². The van der Waals surface area contributed by atoms with Gasteiger partial charge in [-0.3, -0.25) is 0 Å². The maximum atomic E-state index is 13.8. The predicted molar refractivity (Wildman–Crippen MR) is 65.0 cm³/mol. The van der Waals surface area contributed by atoms with Gasteiger partial charge in [0.25, 0.3) is 0 Å². The predicted octanol–water partition coefficient (Wildman–Crippen LogP) is 3.60. The van der Waals surface area contributed by atoms with Crippen LogP contribution >= 0.6 is 0 Å². The lowest BCUT2D eigenvalue weighted by molar-refractivity contribution is 0.413. The molecular weight excluding hydrogens is 220 g/mol. The highest BCUT2D eigenvalue weighted by atomic mass is 19.2. The molecule has 2 rings (SSSR count). The molecule has 0 spiro atoms. The van der Waals surface area contributed by atoms with Gasteiger partial charge in [0, 0.05) is 12.0 Å². The van der Waals surface area contributed by atoms with E-state index < -0.39 is 11.6 Å². The van der Waals surface area contributed by atoms with Crippen molar-refractivity contribution in [3.63, 3.8) is 0 Å². The lowest BCUT2D eigenvalue weighted by Gasteiger charge is -2.25. The van der Waals surface area contributed by atoms with Crippen molar-refractivity contribution in [1.82, 2.24) is 5.32 Å². The van der Waals surface area contributed by atoms with E-state index in [2.05, 4.69) is 5.32 Å². The van der Waals surface area contributed by atoms with E-state index in [1.54, 1.807) is 12.1 Å². The Morgan fingerprint density at radius 2 is 1.88 bits per heavy atom. The number of rotatable bonds is 2. The summed E-state index contributed by atoms with van der Waals surface area (Å²) >= 11 is 0. The van der Waals surface area contributed by atoms with Gasteiger partial charge >= 0.3 is 0 Å². The van der Waals surface area contributed by atoms with Crippen LogP contribution in [0.4, 0.5) is 8.78 Å². The summed E-state index contributed by atoms with van der Waals surface area (Å²) in [5, 5.41) is 3.25. The zero-order valence-electron chi connectivity index (χ0n) is 10.2. The van der Waals surface area contributed by atoms with Gasteiger partial charge in [-0.1, -0.05) is 31.4 Å². The van der Waals surface area contributed by atoms with E-state index >= 15 is 0 Å². The van der Waals surface area contributed by atoms with Gasteiger partial charge in [0.2, 0.25) is 0 Å². The van der Waals surface area contributed by atoms with Gasteiger partial charge in [-0.2, -0.15) is 0 Å². The molecule has 1 aliphatic carbocycles. The summed E-state index contributed by atoms with van der Waals surface area (Å²) in [5.41, 5.74) is 0.534. The largest absolute Gasteiger partial charge is 0.316 e. The van der Waals surface area contributed by atoms with E-state index in [0.717, 1.165) is 19.3 Å². The molecule has 2 unspecified atom stereocenters. The number of likely N-dealkylation sites (N-methyl/N-ethyl adjacent to an activating group) is 1. The minimum atomic E-state index is -0.735. The summed E-state index contributed by atoms with van der Waals surface area (Å²) in [6.45, 7) is 0. The Morgan fingerprint density at radius 3 is 2.65 bits per heavy atom. The second-order valence-electron chi connectivity index (χ2n) is 4.78. The Labute approximate surface area is 101 Å². The normalized spacial score (nSPS) is 25.6. The fourth-order valence-corrected chi connectivity index (χ4v) is 2.83. The third kappa shape index (κ3) is 2.65. The monoisotopic (exact) mass is 239 g/mol. The third-order valence-corrected chi connectivity index (χ3v) is 3.77. The summed E-state index contributed by atoms with van der Waals surface area (Å²) in [4.78, 5) is 0. The van der Waals surface area contributed by atoms with Crippen LogP contribution in [0, 0.1) is 11.6 Å². The molecule has 94 valence electrons. The third-order valence-electron chi connectivity index (χ3n) is 3.77. The molecule has 1 nitrogen and oxygen atoms in total. The Morgan fingerprint density at radius 1 is 1.12 bits per heavy atom. The summed E-state index contributed by atoms with van der Waals surface area (Å²) in [5.74, 6) is -1.31. The molecule has 0 aliphatic heterocycles. The van der Waals surface area contributed by atoms with Crippen LogP contribution in [0.15, 0.2) is 18.2 Å². The molecule has 0 amide bonds. The van der Waals surface area contributed by atoms with Crippen molar-refractivity contribution in [3.8, 4) is 0 Å². The Balaban J connectivity index is 2.31. The van der Waals surface area contributed by atoms with Crippen molar-refractivity contribution in [2.75, 3.05) is 7.05 Å². The lowest BCUT2D eigenvalue weighted by Crippen LogP contribution is -2.31. The van der Waals surface area contributed by atoms with Crippen LogP contribution in [0.25, 0.3) is 0 Å². The van der Waals surface area contributed by atoms with Crippen LogP contribution in [-0.4, -0.2) is 13.1 Å². The number of halogens is 2. The average Bonchev–Trinajstić information content (AvgIpc) is 2.57. The molecule has 1 saturated carbocycles. The molecule has 1 aliphatic rings. The molecule has 1 fully saturated rings. The summed E-state index contributed by atoms with van der Waals surface area (Å²) in [7, 11) is 1.90.